The van der Waals surface area contributed by atoms with Gasteiger partial charge in [0.15, 0.2) is 0 Å². The van der Waals surface area contributed by atoms with Gasteiger partial charge in [0, 0.05) is 24.4 Å². The average Bonchev–Trinajstić information content (AvgIpc) is 2.79. The molecule has 2 fully saturated rings. The molecule has 1 saturated carbocycles. The predicted molar refractivity (Wildman–Crippen MR) is 94.9 cm³/mol. The second-order valence-electron chi connectivity index (χ2n) is 7.30. The lowest BCUT2D eigenvalue weighted by Crippen LogP contribution is -2.41. The number of aryl methyl sites for hydroxylation is 1. The lowest BCUT2D eigenvalue weighted by atomic mass is 9.71. The maximum atomic E-state index is 13.1. The highest BCUT2D eigenvalue weighted by molar-refractivity contribution is 7.11. The van der Waals surface area contributed by atoms with E-state index in [2.05, 4.69) is 9.88 Å². The van der Waals surface area contributed by atoms with Gasteiger partial charge in [-0.05, 0) is 44.6 Å². The van der Waals surface area contributed by atoms with Crippen molar-refractivity contribution in [2.75, 3.05) is 19.6 Å². The molecule has 5 heteroatoms. The second-order valence-corrected chi connectivity index (χ2v) is 8.58. The second kappa shape index (κ2) is 7.31. The van der Waals surface area contributed by atoms with E-state index in [0.717, 1.165) is 35.8 Å². The van der Waals surface area contributed by atoms with Crippen LogP contribution in [-0.4, -0.2) is 35.4 Å². The van der Waals surface area contributed by atoms with Crippen LogP contribution in [0, 0.1) is 12.3 Å². The van der Waals surface area contributed by atoms with Crippen molar-refractivity contribution >= 4 is 17.2 Å². The van der Waals surface area contributed by atoms with Crippen molar-refractivity contribution in [1.82, 2.24) is 9.88 Å². The molecule has 0 atom stereocenters. The number of rotatable bonds is 3. The molecular formula is C18H29N3OS. The van der Waals surface area contributed by atoms with Gasteiger partial charge in [0.05, 0.1) is 5.01 Å². The van der Waals surface area contributed by atoms with Crippen LogP contribution in [0.5, 0.6) is 0 Å². The Balaban J connectivity index is 1.77. The van der Waals surface area contributed by atoms with Gasteiger partial charge in [0.25, 0.3) is 5.91 Å². The molecule has 2 heterocycles. The smallest absolute Gasteiger partial charge is 0.273 e. The van der Waals surface area contributed by atoms with E-state index in [1.165, 1.54) is 44.9 Å². The minimum Gasteiger partial charge on any atom is -0.337 e. The number of aromatic nitrogens is 1. The molecule has 0 aromatic carbocycles. The van der Waals surface area contributed by atoms with Crippen LogP contribution >= 0.6 is 11.3 Å². The van der Waals surface area contributed by atoms with Crippen molar-refractivity contribution in [1.29, 1.82) is 0 Å². The molecule has 0 radical (unpaired) electrons. The number of amides is 1. The SMILES string of the molecule is Cc1sc(CCN)nc1C(=O)N1CCCCC2(CCCCC2)C1. The van der Waals surface area contributed by atoms with Crippen LogP contribution in [0.25, 0.3) is 0 Å². The van der Waals surface area contributed by atoms with E-state index in [4.69, 9.17) is 5.73 Å². The standard InChI is InChI=1S/C18H29N3OS/c1-14-16(20-15(23-14)7-11-19)17(22)21-12-6-5-10-18(13-21)8-3-2-4-9-18/h2-13,19H2,1H3. The Kier molecular flexibility index (Phi) is 5.37. The number of carbonyl (C=O) groups is 1. The summed E-state index contributed by atoms with van der Waals surface area (Å²) in [7, 11) is 0. The molecule has 1 aromatic rings. The maximum Gasteiger partial charge on any atom is 0.273 e. The zero-order chi connectivity index (χ0) is 16.3. The first-order chi connectivity index (χ1) is 11.1. The summed E-state index contributed by atoms with van der Waals surface area (Å²) in [6.45, 7) is 4.44. The first-order valence-electron chi connectivity index (χ1n) is 9.09. The molecule has 4 nitrogen and oxygen atoms in total. The van der Waals surface area contributed by atoms with Crippen molar-refractivity contribution in [3.63, 3.8) is 0 Å². The summed E-state index contributed by atoms with van der Waals surface area (Å²) in [5.41, 5.74) is 6.68. The average molecular weight is 336 g/mol. The molecular weight excluding hydrogens is 306 g/mol. The summed E-state index contributed by atoms with van der Waals surface area (Å²) in [6, 6.07) is 0. The Morgan fingerprint density at radius 1 is 1.22 bits per heavy atom. The lowest BCUT2D eigenvalue weighted by molar-refractivity contribution is 0.0616. The molecule has 0 unspecified atom stereocenters. The van der Waals surface area contributed by atoms with Gasteiger partial charge in [-0.1, -0.05) is 25.7 Å². The first-order valence-corrected chi connectivity index (χ1v) is 9.91. The summed E-state index contributed by atoms with van der Waals surface area (Å²) in [4.78, 5) is 20.8. The number of carbonyl (C=O) groups excluding carboxylic acids is 1. The molecule has 128 valence electrons. The first kappa shape index (κ1) is 16.9. The zero-order valence-corrected chi connectivity index (χ0v) is 15.1. The Bertz CT molecular complexity index is 548. The Morgan fingerprint density at radius 3 is 2.61 bits per heavy atom. The number of hydrogen-bond donors (Lipinski definition) is 1. The van der Waals surface area contributed by atoms with E-state index in [1.54, 1.807) is 11.3 Å². The van der Waals surface area contributed by atoms with Crippen molar-refractivity contribution in [3.8, 4) is 0 Å². The number of nitrogens with zero attached hydrogens (tertiary/aromatic N) is 2. The molecule has 1 aromatic heterocycles. The normalized spacial score (nSPS) is 21.4. The minimum atomic E-state index is 0.147. The van der Waals surface area contributed by atoms with Gasteiger partial charge in [-0.3, -0.25) is 4.79 Å². The van der Waals surface area contributed by atoms with Crippen LogP contribution in [0.15, 0.2) is 0 Å². The van der Waals surface area contributed by atoms with Crippen molar-refractivity contribution < 1.29 is 4.79 Å². The van der Waals surface area contributed by atoms with Crippen molar-refractivity contribution in [3.05, 3.63) is 15.6 Å². The van der Waals surface area contributed by atoms with Crippen LogP contribution in [0.3, 0.4) is 0 Å². The van der Waals surface area contributed by atoms with Crippen molar-refractivity contribution in [2.24, 2.45) is 11.1 Å². The Labute approximate surface area is 143 Å². The summed E-state index contributed by atoms with van der Waals surface area (Å²) >= 11 is 1.62. The third kappa shape index (κ3) is 3.77. The van der Waals surface area contributed by atoms with Crippen LogP contribution in [0.4, 0.5) is 0 Å². The van der Waals surface area contributed by atoms with E-state index in [9.17, 15) is 4.79 Å². The largest absolute Gasteiger partial charge is 0.337 e. The lowest BCUT2D eigenvalue weighted by Gasteiger charge is -2.39. The summed E-state index contributed by atoms with van der Waals surface area (Å²) in [5, 5.41) is 0.996. The predicted octanol–water partition coefficient (Wildman–Crippen LogP) is 3.53. The molecule has 2 N–H and O–H groups in total. The third-order valence-electron chi connectivity index (χ3n) is 5.51. The fourth-order valence-electron chi connectivity index (χ4n) is 4.28. The number of thiazole rings is 1. The van der Waals surface area contributed by atoms with Crippen LogP contribution in [-0.2, 0) is 6.42 Å². The van der Waals surface area contributed by atoms with Gasteiger partial charge in [0.2, 0.25) is 0 Å². The van der Waals surface area contributed by atoms with E-state index >= 15 is 0 Å². The zero-order valence-electron chi connectivity index (χ0n) is 14.3. The number of hydrogen-bond acceptors (Lipinski definition) is 4. The molecule has 0 bridgehead atoms. The van der Waals surface area contributed by atoms with E-state index in [0.29, 0.717) is 17.7 Å². The molecule has 1 aliphatic carbocycles. The van der Waals surface area contributed by atoms with Crippen LogP contribution in [0.2, 0.25) is 0 Å². The van der Waals surface area contributed by atoms with Gasteiger partial charge in [-0.25, -0.2) is 4.98 Å². The van der Waals surface area contributed by atoms with E-state index < -0.39 is 0 Å². The number of likely N-dealkylation sites (tertiary alicyclic amines) is 1. The highest BCUT2D eigenvalue weighted by Crippen LogP contribution is 2.43. The Morgan fingerprint density at radius 2 is 1.91 bits per heavy atom. The highest BCUT2D eigenvalue weighted by Gasteiger charge is 2.37. The monoisotopic (exact) mass is 335 g/mol. The molecule has 3 rings (SSSR count). The molecule has 1 aliphatic heterocycles. The summed E-state index contributed by atoms with van der Waals surface area (Å²) < 4.78 is 0. The van der Waals surface area contributed by atoms with Gasteiger partial charge in [-0.15, -0.1) is 11.3 Å². The van der Waals surface area contributed by atoms with Crippen molar-refractivity contribution in [2.45, 2.75) is 64.7 Å². The van der Waals surface area contributed by atoms with Gasteiger partial charge < -0.3 is 10.6 Å². The molecule has 23 heavy (non-hydrogen) atoms. The Hall–Kier alpha value is -0.940. The maximum absolute atomic E-state index is 13.1. The van der Waals surface area contributed by atoms with Crippen LogP contribution in [0.1, 0.15) is 71.7 Å². The van der Waals surface area contributed by atoms with Gasteiger partial charge in [0.1, 0.15) is 5.69 Å². The van der Waals surface area contributed by atoms with Gasteiger partial charge >= 0.3 is 0 Å². The van der Waals surface area contributed by atoms with E-state index in [-0.39, 0.29) is 5.91 Å². The van der Waals surface area contributed by atoms with Gasteiger partial charge in [-0.2, -0.15) is 0 Å². The fourth-order valence-corrected chi connectivity index (χ4v) is 5.22. The summed E-state index contributed by atoms with van der Waals surface area (Å²) in [5.74, 6) is 0.147. The molecule has 1 amide bonds. The fraction of sp³-hybridized carbons (Fsp3) is 0.778. The molecule has 1 spiro atoms. The van der Waals surface area contributed by atoms with Crippen LogP contribution < -0.4 is 5.73 Å². The van der Waals surface area contributed by atoms with E-state index in [1.807, 2.05) is 6.92 Å². The minimum absolute atomic E-state index is 0.147. The number of nitrogens with two attached hydrogens (primary N) is 1. The quantitative estimate of drug-likeness (QED) is 0.919. The third-order valence-corrected chi connectivity index (χ3v) is 6.55. The summed E-state index contributed by atoms with van der Waals surface area (Å²) in [6.07, 6.45) is 11.1. The topological polar surface area (TPSA) is 59.2 Å². The molecule has 2 aliphatic rings. The molecule has 1 saturated heterocycles. The highest BCUT2D eigenvalue weighted by atomic mass is 32.1.